The average molecular weight is 333 g/mol. The van der Waals surface area contributed by atoms with Crippen LogP contribution in [0.15, 0.2) is 53.0 Å². The molecular weight excluding hydrogens is 316 g/mol. The van der Waals surface area contributed by atoms with E-state index in [9.17, 15) is 4.79 Å². The van der Waals surface area contributed by atoms with Crippen molar-refractivity contribution in [2.45, 2.75) is 19.3 Å². The average Bonchev–Trinajstić information content (AvgIpc) is 2.45. The van der Waals surface area contributed by atoms with E-state index in [4.69, 9.17) is 5.73 Å². The second kappa shape index (κ2) is 6.57. The van der Waals surface area contributed by atoms with E-state index >= 15 is 0 Å². The lowest BCUT2D eigenvalue weighted by Gasteiger charge is -2.15. The first-order chi connectivity index (χ1) is 9.61. The SMILES string of the molecule is CCC(C(=O)Nc1ccc(Br)c(N)c1)c1ccccc1. The lowest BCUT2D eigenvalue weighted by molar-refractivity contribution is -0.117. The summed E-state index contributed by atoms with van der Waals surface area (Å²) in [5.74, 6) is -0.165. The van der Waals surface area contributed by atoms with Crippen molar-refractivity contribution in [3.63, 3.8) is 0 Å². The summed E-state index contributed by atoms with van der Waals surface area (Å²) in [5, 5.41) is 2.92. The van der Waals surface area contributed by atoms with Crippen LogP contribution in [-0.4, -0.2) is 5.91 Å². The highest BCUT2D eigenvalue weighted by Gasteiger charge is 2.18. The quantitative estimate of drug-likeness (QED) is 0.826. The fourth-order valence-corrected chi connectivity index (χ4v) is 2.36. The highest BCUT2D eigenvalue weighted by atomic mass is 79.9. The minimum absolute atomic E-state index is 0.0135. The molecular formula is C16H17BrN2O. The highest BCUT2D eigenvalue weighted by molar-refractivity contribution is 9.10. The fraction of sp³-hybridized carbons (Fsp3) is 0.188. The number of benzene rings is 2. The first-order valence-electron chi connectivity index (χ1n) is 6.52. The summed E-state index contributed by atoms with van der Waals surface area (Å²) in [5.41, 5.74) is 8.16. The molecule has 2 aromatic rings. The minimum atomic E-state index is -0.152. The van der Waals surface area contributed by atoms with E-state index < -0.39 is 0 Å². The van der Waals surface area contributed by atoms with E-state index in [1.165, 1.54) is 0 Å². The molecule has 0 aromatic heterocycles. The van der Waals surface area contributed by atoms with Crippen LogP contribution in [0, 0.1) is 0 Å². The number of rotatable bonds is 4. The first kappa shape index (κ1) is 14.6. The van der Waals surface area contributed by atoms with Crippen LogP contribution in [0.1, 0.15) is 24.8 Å². The van der Waals surface area contributed by atoms with Gasteiger partial charge < -0.3 is 11.1 Å². The molecule has 2 aromatic carbocycles. The largest absolute Gasteiger partial charge is 0.398 e. The highest BCUT2D eigenvalue weighted by Crippen LogP contribution is 2.25. The Bertz CT molecular complexity index is 599. The van der Waals surface area contributed by atoms with E-state index in [0.29, 0.717) is 11.4 Å². The zero-order valence-electron chi connectivity index (χ0n) is 11.3. The van der Waals surface area contributed by atoms with Gasteiger partial charge in [-0.2, -0.15) is 0 Å². The summed E-state index contributed by atoms with van der Waals surface area (Å²) in [7, 11) is 0. The fourth-order valence-electron chi connectivity index (χ4n) is 2.11. The minimum Gasteiger partial charge on any atom is -0.398 e. The molecule has 0 heterocycles. The summed E-state index contributed by atoms with van der Waals surface area (Å²) < 4.78 is 0.825. The molecule has 3 N–H and O–H groups in total. The number of halogens is 1. The topological polar surface area (TPSA) is 55.1 Å². The number of amides is 1. The maximum Gasteiger partial charge on any atom is 0.231 e. The Balaban J connectivity index is 2.15. The third-order valence-electron chi connectivity index (χ3n) is 3.19. The molecule has 3 nitrogen and oxygen atoms in total. The van der Waals surface area contributed by atoms with E-state index in [1.807, 2.05) is 49.4 Å². The third kappa shape index (κ3) is 3.39. The molecule has 104 valence electrons. The molecule has 0 aliphatic carbocycles. The lowest BCUT2D eigenvalue weighted by Crippen LogP contribution is -2.20. The molecule has 0 saturated carbocycles. The van der Waals surface area contributed by atoms with Gasteiger partial charge in [0.1, 0.15) is 0 Å². The van der Waals surface area contributed by atoms with Gasteiger partial charge in [-0.3, -0.25) is 4.79 Å². The summed E-state index contributed by atoms with van der Waals surface area (Å²) >= 11 is 3.34. The maximum absolute atomic E-state index is 12.4. The molecule has 0 aliphatic rings. The first-order valence-corrected chi connectivity index (χ1v) is 7.32. The van der Waals surface area contributed by atoms with Gasteiger partial charge in [-0.1, -0.05) is 37.3 Å². The number of carbonyl (C=O) groups excluding carboxylic acids is 1. The number of carbonyl (C=O) groups is 1. The van der Waals surface area contributed by atoms with Crippen LogP contribution in [0.3, 0.4) is 0 Å². The smallest absolute Gasteiger partial charge is 0.231 e. The maximum atomic E-state index is 12.4. The molecule has 0 saturated heterocycles. The van der Waals surface area contributed by atoms with Gasteiger partial charge in [-0.25, -0.2) is 0 Å². The number of nitrogens with one attached hydrogen (secondary N) is 1. The van der Waals surface area contributed by atoms with Crippen LogP contribution in [-0.2, 0) is 4.79 Å². The molecule has 0 bridgehead atoms. The number of hydrogen-bond acceptors (Lipinski definition) is 2. The third-order valence-corrected chi connectivity index (χ3v) is 3.91. The molecule has 0 fully saturated rings. The second-order valence-electron chi connectivity index (χ2n) is 4.60. The molecule has 1 unspecified atom stereocenters. The molecule has 2 rings (SSSR count). The van der Waals surface area contributed by atoms with E-state index in [-0.39, 0.29) is 11.8 Å². The normalized spacial score (nSPS) is 11.9. The van der Waals surface area contributed by atoms with Gasteiger partial charge in [-0.05, 0) is 46.1 Å². The number of nitrogen functional groups attached to an aromatic ring is 1. The summed E-state index contributed by atoms with van der Waals surface area (Å²) in [6.45, 7) is 2.01. The predicted octanol–water partition coefficient (Wildman–Crippen LogP) is 4.16. The van der Waals surface area contributed by atoms with E-state index in [0.717, 1.165) is 16.5 Å². The zero-order chi connectivity index (χ0) is 14.5. The molecule has 4 heteroatoms. The van der Waals surface area contributed by atoms with Crippen molar-refractivity contribution in [1.82, 2.24) is 0 Å². The van der Waals surface area contributed by atoms with Gasteiger partial charge in [0.05, 0.1) is 5.92 Å². The van der Waals surface area contributed by atoms with Crippen molar-refractivity contribution in [3.05, 3.63) is 58.6 Å². The standard InChI is InChI=1S/C16H17BrN2O/c1-2-13(11-6-4-3-5-7-11)16(20)19-12-8-9-14(17)15(18)10-12/h3-10,13H,2,18H2,1H3,(H,19,20). The van der Waals surface area contributed by atoms with Gasteiger partial charge in [0, 0.05) is 15.8 Å². The van der Waals surface area contributed by atoms with Crippen LogP contribution in [0.5, 0.6) is 0 Å². The Morgan fingerprint density at radius 1 is 1.25 bits per heavy atom. The van der Waals surface area contributed by atoms with Gasteiger partial charge in [-0.15, -0.1) is 0 Å². The van der Waals surface area contributed by atoms with Crippen molar-refractivity contribution >= 4 is 33.2 Å². The van der Waals surface area contributed by atoms with Crippen molar-refractivity contribution in [3.8, 4) is 0 Å². The van der Waals surface area contributed by atoms with Crippen molar-refractivity contribution in [2.24, 2.45) is 0 Å². The lowest BCUT2D eigenvalue weighted by atomic mass is 9.95. The van der Waals surface area contributed by atoms with Gasteiger partial charge in [0.2, 0.25) is 5.91 Å². The van der Waals surface area contributed by atoms with E-state index in [2.05, 4.69) is 21.2 Å². The number of nitrogens with two attached hydrogens (primary N) is 1. The zero-order valence-corrected chi connectivity index (χ0v) is 12.9. The van der Waals surface area contributed by atoms with Crippen LogP contribution < -0.4 is 11.1 Å². The molecule has 20 heavy (non-hydrogen) atoms. The molecule has 0 spiro atoms. The van der Waals surface area contributed by atoms with Crippen LogP contribution in [0.2, 0.25) is 0 Å². The summed E-state index contributed by atoms with van der Waals surface area (Å²) in [6, 6.07) is 15.2. The van der Waals surface area contributed by atoms with Crippen molar-refractivity contribution in [1.29, 1.82) is 0 Å². The second-order valence-corrected chi connectivity index (χ2v) is 5.45. The Morgan fingerprint density at radius 3 is 2.55 bits per heavy atom. The Labute approximate surface area is 127 Å². The number of hydrogen-bond donors (Lipinski definition) is 2. The van der Waals surface area contributed by atoms with E-state index in [1.54, 1.807) is 6.07 Å². The molecule has 1 amide bonds. The van der Waals surface area contributed by atoms with Crippen LogP contribution in [0.4, 0.5) is 11.4 Å². The van der Waals surface area contributed by atoms with Crippen molar-refractivity contribution < 1.29 is 4.79 Å². The van der Waals surface area contributed by atoms with Crippen LogP contribution >= 0.6 is 15.9 Å². The Kier molecular flexibility index (Phi) is 4.79. The van der Waals surface area contributed by atoms with Gasteiger partial charge in [0.15, 0.2) is 0 Å². The Hall–Kier alpha value is -1.81. The predicted molar refractivity (Wildman–Crippen MR) is 86.7 cm³/mol. The summed E-state index contributed by atoms with van der Waals surface area (Å²) in [6.07, 6.45) is 0.752. The molecule has 1 atom stereocenters. The van der Waals surface area contributed by atoms with Crippen LogP contribution in [0.25, 0.3) is 0 Å². The Morgan fingerprint density at radius 2 is 1.95 bits per heavy atom. The molecule has 0 radical (unpaired) electrons. The van der Waals surface area contributed by atoms with Gasteiger partial charge in [0.25, 0.3) is 0 Å². The monoisotopic (exact) mass is 332 g/mol. The van der Waals surface area contributed by atoms with Crippen molar-refractivity contribution in [2.75, 3.05) is 11.1 Å². The molecule has 0 aliphatic heterocycles. The summed E-state index contributed by atoms with van der Waals surface area (Å²) in [4.78, 5) is 12.4. The number of anilines is 2. The van der Waals surface area contributed by atoms with Gasteiger partial charge >= 0.3 is 0 Å².